The molecular formula is C12H20Cl2N2. The zero-order chi connectivity index (χ0) is 9.80. The Bertz CT molecular complexity index is 282. The van der Waals surface area contributed by atoms with Crippen LogP contribution in [-0.2, 0) is 6.54 Å². The van der Waals surface area contributed by atoms with Gasteiger partial charge in [0.05, 0.1) is 0 Å². The van der Waals surface area contributed by atoms with E-state index in [2.05, 4.69) is 34.5 Å². The molecule has 0 bridgehead atoms. The maximum atomic E-state index is 3.16. The fourth-order valence-electron chi connectivity index (χ4n) is 2.00. The number of hydrogen-bond donors (Lipinski definition) is 1. The van der Waals surface area contributed by atoms with E-state index in [1.165, 1.54) is 37.2 Å². The van der Waals surface area contributed by atoms with Gasteiger partial charge in [-0.3, -0.25) is 0 Å². The summed E-state index contributed by atoms with van der Waals surface area (Å²) in [4.78, 5) is 2.46. The van der Waals surface area contributed by atoms with Crippen molar-refractivity contribution in [3.05, 3.63) is 29.8 Å². The number of anilines is 1. The summed E-state index contributed by atoms with van der Waals surface area (Å²) in [6.07, 6.45) is 2.69. The Kier molecular flexibility index (Phi) is 7.56. The lowest BCUT2D eigenvalue weighted by atomic mass is 10.2. The number of hydrogen-bond acceptors (Lipinski definition) is 2. The molecule has 0 aliphatic carbocycles. The molecule has 2 rings (SSSR count). The van der Waals surface area contributed by atoms with Crippen molar-refractivity contribution in [2.24, 2.45) is 0 Å². The van der Waals surface area contributed by atoms with Crippen LogP contribution >= 0.6 is 24.8 Å². The molecule has 1 aromatic rings. The van der Waals surface area contributed by atoms with E-state index in [4.69, 9.17) is 0 Å². The minimum absolute atomic E-state index is 0. The molecule has 0 saturated carbocycles. The van der Waals surface area contributed by atoms with Gasteiger partial charge in [-0.2, -0.15) is 0 Å². The zero-order valence-electron chi connectivity index (χ0n) is 9.61. The molecule has 1 saturated heterocycles. The van der Waals surface area contributed by atoms with Gasteiger partial charge in [0, 0.05) is 25.3 Å². The average molecular weight is 263 g/mol. The third kappa shape index (κ3) is 3.85. The van der Waals surface area contributed by atoms with Gasteiger partial charge < -0.3 is 10.2 Å². The molecule has 1 N–H and O–H groups in total. The number of rotatable bonds is 3. The molecule has 1 heterocycles. The van der Waals surface area contributed by atoms with Crippen LogP contribution in [-0.4, -0.2) is 20.1 Å². The summed E-state index contributed by atoms with van der Waals surface area (Å²) in [7, 11) is 1.98. The molecule has 92 valence electrons. The first-order chi connectivity index (χ1) is 6.90. The second kappa shape index (κ2) is 7.77. The Balaban J connectivity index is 0.00000112. The van der Waals surface area contributed by atoms with Gasteiger partial charge in [-0.25, -0.2) is 0 Å². The fourth-order valence-corrected chi connectivity index (χ4v) is 2.00. The molecule has 0 amide bonds. The van der Waals surface area contributed by atoms with Crippen molar-refractivity contribution >= 4 is 30.5 Å². The van der Waals surface area contributed by atoms with E-state index in [0.717, 1.165) is 6.54 Å². The van der Waals surface area contributed by atoms with Gasteiger partial charge in [-0.15, -0.1) is 24.8 Å². The van der Waals surface area contributed by atoms with Gasteiger partial charge in [0.25, 0.3) is 0 Å². The van der Waals surface area contributed by atoms with Crippen LogP contribution in [0, 0.1) is 0 Å². The van der Waals surface area contributed by atoms with Crippen molar-refractivity contribution in [2.75, 3.05) is 25.0 Å². The van der Waals surface area contributed by atoms with Crippen LogP contribution in [0.15, 0.2) is 24.3 Å². The summed E-state index contributed by atoms with van der Waals surface area (Å²) in [6.45, 7) is 3.41. The molecule has 0 atom stereocenters. The lowest BCUT2D eigenvalue weighted by Crippen LogP contribution is -2.17. The molecular weight excluding hydrogens is 243 g/mol. The summed E-state index contributed by atoms with van der Waals surface area (Å²) in [5, 5.41) is 3.16. The largest absolute Gasteiger partial charge is 0.372 e. The monoisotopic (exact) mass is 262 g/mol. The van der Waals surface area contributed by atoms with E-state index in [0.29, 0.717) is 0 Å². The molecule has 1 aliphatic heterocycles. The van der Waals surface area contributed by atoms with E-state index in [1.54, 1.807) is 0 Å². The van der Waals surface area contributed by atoms with Crippen LogP contribution in [0.25, 0.3) is 0 Å². The van der Waals surface area contributed by atoms with Crippen molar-refractivity contribution in [1.29, 1.82) is 0 Å². The lowest BCUT2D eigenvalue weighted by molar-refractivity contribution is 0.817. The summed E-state index contributed by atoms with van der Waals surface area (Å²) in [5.41, 5.74) is 2.73. The van der Waals surface area contributed by atoms with Gasteiger partial charge in [-0.05, 0) is 37.6 Å². The minimum Gasteiger partial charge on any atom is -0.372 e. The van der Waals surface area contributed by atoms with Crippen LogP contribution in [0.1, 0.15) is 18.4 Å². The summed E-state index contributed by atoms with van der Waals surface area (Å²) >= 11 is 0. The minimum atomic E-state index is 0. The Morgan fingerprint density at radius 2 is 1.62 bits per heavy atom. The quantitative estimate of drug-likeness (QED) is 0.902. The molecule has 1 aromatic carbocycles. The second-order valence-electron chi connectivity index (χ2n) is 3.89. The summed E-state index contributed by atoms with van der Waals surface area (Å²) < 4.78 is 0. The van der Waals surface area contributed by atoms with E-state index < -0.39 is 0 Å². The Morgan fingerprint density at radius 3 is 2.12 bits per heavy atom. The average Bonchev–Trinajstić information content (AvgIpc) is 2.72. The second-order valence-corrected chi connectivity index (χ2v) is 3.89. The standard InChI is InChI=1S/C12H18N2.2ClH/c1-13-10-11-4-6-12(7-5-11)14-8-2-3-9-14;;/h4-7,13H,2-3,8-10H2,1H3;2*1H. The van der Waals surface area contributed by atoms with Gasteiger partial charge in [-0.1, -0.05) is 12.1 Å². The van der Waals surface area contributed by atoms with E-state index >= 15 is 0 Å². The van der Waals surface area contributed by atoms with E-state index in [9.17, 15) is 0 Å². The molecule has 0 spiro atoms. The van der Waals surface area contributed by atoms with Crippen LogP contribution in [0.4, 0.5) is 5.69 Å². The van der Waals surface area contributed by atoms with E-state index in [1.807, 2.05) is 7.05 Å². The molecule has 4 heteroatoms. The first-order valence-electron chi connectivity index (χ1n) is 5.38. The molecule has 16 heavy (non-hydrogen) atoms. The van der Waals surface area contributed by atoms with Gasteiger partial charge in [0.1, 0.15) is 0 Å². The maximum Gasteiger partial charge on any atom is 0.0366 e. The topological polar surface area (TPSA) is 15.3 Å². The molecule has 0 unspecified atom stereocenters. The van der Waals surface area contributed by atoms with Gasteiger partial charge in [0.2, 0.25) is 0 Å². The number of nitrogens with zero attached hydrogens (tertiary/aromatic N) is 1. The van der Waals surface area contributed by atoms with Crippen LogP contribution in [0.5, 0.6) is 0 Å². The Morgan fingerprint density at radius 1 is 1.06 bits per heavy atom. The van der Waals surface area contributed by atoms with Crippen LogP contribution in [0.2, 0.25) is 0 Å². The summed E-state index contributed by atoms with van der Waals surface area (Å²) in [6, 6.07) is 8.89. The number of benzene rings is 1. The first-order valence-corrected chi connectivity index (χ1v) is 5.38. The molecule has 0 radical (unpaired) electrons. The predicted molar refractivity (Wildman–Crippen MR) is 75.1 cm³/mol. The molecule has 1 fully saturated rings. The third-order valence-electron chi connectivity index (χ3n) is 2.79. The predicted octanol–water partition coefficient (Wildman–Crippen LogP) is 2.85. The van der Waals surface area contributed by atoms with E-state index in [-0.39, 0.29) is 24.8 Å². The summed E-state index contributed by atoms with van der Waals surface area (Å²) in [5.74, 6) is 0. The highest BCUT2D eigenvalue weighted by molar-refractivity contribution is 5.85. The van der Waals surface area contributed by atoms with Gasteiger partial charge >= 0.3 is 0 Å². The number of nitrogens with one attached hydrogen (secondary N) is 1. The highest BCUT2D eigenvalue weighted by Gasteiger charge is 2.11. The van der Waals surface area contributed by atoms with Crippen molar-refractivity contribution in [3.63, 3.8) is 0 Å². The van der Waals surface area contributed by atoms with Crippen LogP contribution < -0.4 is 10.2 Å². The van der Waals surface area contributed by atoms with Crippen molar-refractivity contribution in [2.45, 2.75) is 19.4 Å². The number of halogens is 2. The molecule has 0 aromatic heterocycles. The normalized spacial score (nSPS) is 14.2. The third-order valence-corrected chi connectivity index (χ3v) is 2.79. The molecule has 2 nitrogen and oxygen atoms in total. The Labute approximate surface area is 110 Å². The zero-order valence-corrected chi connectivity index (χ0v) is 11.2. The lowest BCUT2D eigenvalue weighted by Gasteiger charge is -2.17. The molecule has 1 aliphatic rings. The highest BCUT2D eigenvalue weighted by atomic mass is 35.5. The smallest absolute Gasteiger partial charge is 0.0366 e. The first kappa shape index (κ1) is 15.6. The van der Waals surface area contributed by atoms with Gasteiger partial charge in [0.15, 0.2) is 0 Å². The van der Waals surface area contributed by atoms with Crippen molar-refractivity contribution in [1.82, 2.24) is 5.32 Å². The fraction of sp³-hybridized carbons (Fsp3) is 0.500. The maximum absolute atomic E-state index is 3.16. The van der Waals surface area contributed by atoms with Crippen molar-refractivity contribution < 1.29 is 0 Å². The van der Waals surface area contributed by atoms with Crippen LogP contribution in [0.3, 0.4) is 0 Å². The van der Waals surface area contributed by atoms with Crippen molar-refractivity contribution in [3.8, 4) is 0 Å². The highest BCUT2D eigenvalue weighted by Crippen LogP contribution is 2.20. The Hall–Kier alpha value is -0.440. The SMILES string of the molecule is CNCc1ccc(N2CCCC2)cc1.Cl.Cl.